The van der Waals surface area contributed by atoms with E-state index in [1.54, 1.807) is 0 Å². The summed E-state index contributed by atoms with van der Waals surface area (Å²) in [6.07, 6.45) is 5.12. The Bertz CT molecular complexity index is 488. The summed E-state index contributed by atoms with van der Waals surface area (Å²) in [7, 11) is 0. The van der Waals surface area contributed by atoms with E-state index in [2.05, 4.69) is 12.1 Å². The lowest BCUT2D eigenvalue weighted by Crippen LogP contribution is -2.25. The van der Waals surface area contributed by atoms with Crippen LogP contribution in [0.1, 0.15) is 49.3 Å². The molecule has 4 nitrogen and oxygen atoms in total. The molecule has 0 saturated heterocycles. The predicted molar refractivity (Wildman–Crippen MR) is 80.5 cm³/mol. The molecule has 0 aliphatic heterocycles. The minimum atomic E-state index is 0.133. The average Bonchev–Trinajstić information content (AvgIpc) is 2.42. The minimum absolute atomic E-state index is 0.133. The first-order valence-electron chi connectivity index (χ1n) is 7.27. The van der Waals surface area contributed by atoms with Crippen LogP contribution < -0.4 is 10.5 Å². The molecule has 0 heterocycles. The third-order valence-electron chi connectivity index (χ3n) is 4.04. The van der Waals surface area contributed by atoms with Gasteiger partial charge in [0.2, 0.25) is 0 Å². The Labute approximate surface area is 120 Å². The van der Waals surface area contributed by atoms with Gasteiger partial charge in [0.15, 0.2) is 5.84 Å². The molecule has 2 unspecified atom stereocenters. The van der Waals surface area contributed by atoms with Crippen molar-refractivity contribution in [1.82, 2.24) is 0 Å². The molecule has 1 aromatic rings. The lowest BCUT2D eigenvalue weighted by atomic mass is 9.88. The lowest BCUT2D eigenvalue weighted by Gasteiger charge is -2.28. The second-order valence-electron chi connectivity index (χ2n) is 5.94. The molecule has 110 valence electrons. The quantitative estimate of drug-likeness (QED) is 0.385. The van der Waals surface area contributed by atoms with Crippen molar-refractivity contribution in [1.29, 1.82) is 0 Å². The highest BCUT2D eigenvalue weighted by Crippen LogP contribution is 2.31. The first kappa shape index (κ1) is 14.7. The van der Waals surface area contributed by atoms with E-state index in [0.29, 0.717) is 6.10 Å². The molecule has 1 aliphatic rings. The highest BCUT2D eigenvalue weighted by Gasteiger charge is 2.21. The van der Waals surface area contributed by atoms with E-state index >= 15 is 0 Å². The first-order chi connectivity index (χ1) is 9.51. The maximum absolute atomic E-state index is 8.76. The van der Waals surface area contributed by atoms with Crippen LogP contribution in [0.25, 0.3) is 0 Å². The summed E-state index contributed by atoms with van der Waals surface area (Å²) in [6, 6.07) is 3.81. The van der Waals surface area contributed by atoms with Crippen LogP contribution in [0.15, 0.2) is 17.3 Å². The Balaban J connectivity index is 2.20. The molecule has 0 radical (unpaired) electrons. The number of benzene rings is 1. The van der Waals surface area contributed by atoms with Crippen molar-refractivity contribution in [2.45, 2.75) is 52.6 Å². The highest BCUT2D eigenvalue weighted by molar-refractivity contribution is 5.97. The molecule has 1 saturated carbocycles. The van der Waals surface area contributed by atoms with Gasteiger partial charge in [0, 0.05) is 5.56 Å². The molecule has 2 atom stereocenters. The Morgan fingerprint density at radius 1 is 1.30 bits per heavy atom. The summed E-state index contributed by atoms with van der Waals surface area (Å²) in [5.74, 6) is 1.82. The Morgan fingerprint density at radius 2 is 1.95 bits per heavy atom. The topological polar surface area (TPSA) is 67.8 Å². The largest absolute Gasteiger partial charge is 0.490 e. The Morgan fingerprint density at radius 3 is 2.50 bits per heavy atom. The fourth-order valence-corrected chi connectivity index (χ4v) is 2.99. The number of nitrogens with two attached hydrogens (primary N) is 1. The number of oxime groups is 1. The molecule has 1 aliphatic carbocycles. The normalized spacial score (nSPS) is 23.6. The van der Waals surface area contributed by atoms with Crippen LogP contribution in [0, 0.1) is 19.8 Å². The van der Waals surface area contributed by atoms with Crippen LogP contribution in [0.5, 0.6) is 5.75 Å². The van der Waals surface area contributed by atoms with Gasteiger partial charge >= 0.3 is 0 Å². The fourth-order valence-electron chi connectivity index (χ4n) is 2.99. The van der Waals surface area contributed by atoms with E-state index in [9.17, 15) is 0 Å². The number of amidine groups is 1. The summed E-state index contributed by atoms with van der Waals surface area (Å²) in [6.45, 7) is 6.29. The van der Waals surface area contributed by atoms with E-state index < -0.39 is 0 Å². The number of hydrogen-bond acceptors (Lipinski definition) is 3. The zero-order chi connectivity index (χ0) is 14.7. The van der Waals surface area contributed by atoms with E-state index in [1.165, 1.54) is 12.8 Å². The van der Waals surface area contributed by atoms with Crippen molar-refractivity contribution in [3.8, 4) is 5.75 Å². The monoisotopic (exact) mass is 276 g/mol. The molecule has 20 heavy (non-hydrogen) atoms. The second kappa shape index (κ2) is 6.16. The molecule has 0 aromatic heterocycles. The summed E-state index contributed by atoms with van der Waals surface area (Å²) in [4.78, 5) is 0. The fraction of sp³-hybridized carbons (Fsp3) is 0.562. The van der Waals surface area contributed by atoms with Crippen molar-refractivity contribution in [3.63, 3.8) is 0 Å². The number of rotatable bonds is 3. The number of nitrogens with zero attached hydrogens (tertiary/aromatic N) is 1. The maximum atomic E-state index is 8.76. The molecule has 4 heteroatoms. The number of hydrogen-bond donors (Lipinski definition) is 2. The molecule has 0 bridgehead atoms. The first-order valence-corrected chi connectivity index (χ1v) is 7.27. The Kier molecular flexibility index (Phi) is 4.53. The zero-order valence-corrected chi connectivity index (χ0v) is 12.5. The zero-order valence-electron chi connectivity index (χ0n) is 12.5. The van der Waals surface area contributed by atoms with Crippen LogP contribution in [-0.4, -0.2) is 17.1 Å². The van der Waals surface area contributed by atoms with Crippen molar-refractivity contribution in [3.05, 3.63) is 28.8 Å². The molecule has 0 spiro atoms. The molecular formula is C16H24N2O2. The third kappa shape index (κ3) is 3.24. The number of aryl methyl sites for hydroxylation is 2. The van der Waals surface area contributed by atoms with E-state index in [1.807, 2.05) is 26.0 Å². The van der Waals surface area contributed by atoms with E-state index in [4.69, 9.17) is 15.7 Å². The standard InChI is InChI=1S/C16H24N2O2/c1-10-5-4-6-14(7-10)20-15-11(2)8-13(9-12(15)3)16(17)18-19/h8-10,14,19H,4-7H2,1-3H3,(H2,17,18). The smallest absolute Gasteiger partial charge is 0.170 e. The van der Waals surface area contributed by atoms with Crippen LogP contribution in [-0.2, 0) is 0 Å². The molecule has 1 fully saturated rings. The van der Waals surface area contributed by atoms with Gasteiger partial charge in [0.1, 0.15) is 5.75 Å². The lowest BCUT2D eigenvalue weighted by molar-refractivity contribution is 0.127. The summed E-state index contributed by atoms with van der Waals surface area (Å²) >= 11 is 0. The predicted octanol–water partition coefficient (Wildman–Crippen LogP) is 3.36. The average molecular weight is 276 g/mol. The molecule has 3 N–H and O–H groups in total. The van der Waals surface area contributed by atoms with Gasteiger partial charge in [-0.15, -0.1) is 0 Å². The van der Waals surface area contributed by atoms with Gasteiger partial charge in [-0.05, 0) is 62.3 Å². The molecule has 1 aromatic carbocycles. The second-order valence-corrected chi connectivity index (χ2v) is 5.94. The van der Waals surface area contributed by atoms with Crippen molar-refractivity contribution in [2.75, 3.05) is 0 Å². The van der Waals surface area contributed by atoms with E-state index in [0.717, 1.165) is 41.2 Å². The van der Waals surface area contributed by atoms with Crippen molar-refractivity contribution < 1.29 is 9.94 Å². The molecule has 2 rings (SSSR count). The summed E-state index contributed by atoms with van der Waals surface area (Å²) < 4.78 is 6.21. The maximum Gasteiger partial charge on any atom is 0.170 e. The molecule has 0 amide bonds. The van der Waals surface area contributed by atoms with Gasteiger partial charge in [0.05, 0.1) is 6.10 Å². The number of ether oxygens (including phenoxy) is 1. The van der Waals surface area contributed by atoms with Gasteiger partial charge in [0.25, 0.3) is 0 Å². The van der Waals surface area contributed by atoms with Crippen LogP contribution in [0.4, 0.5) is 0 Å². The Hall–Kier alpha value is -1.71. The van der Waals surface area contributed by atoms with Crippen molar-refractivity contribution >= 4 is 5.84 Å². The summed E-state index contributed by atoms with van der Waals surface area (Å²) in [5, 5.41) is 11.8. The SMILES string of the molecule is Cc1cc(C(N)=NO)cc(C)c1OC1CCCC(C)C1. The third-order valence-corrected chi connectivity index (χ3v) is 4.04. The van der Waals surface area contributed by atoms with E-state index in [-0.39, 0.29) is 5.84 Å². The van der Waals surface area contributed by atoms with Crippen LogP contribution >= 0.6 is 0 Å². The minimum Gasteiger partial charge on any atom is -0.490 e. The van der Waals surface area contributed by atoms with Gasteiger partial charge in [-0.25, -0.2) is 0 Å². The van der Waals surface area contributed by atoms with Gasteiger partial charge in [-0.3, -0.25) is 0 Å². The van der Waals surface area contributed by atoms with Gasteiger partial charge in [-0.1, -0.05) is 18.5 Å². The van der Waals surface area contributed by atoms with Gasteiger partial charge in [-0.2, -0.15) is 0 Å². The summed E-state index contributed by atoms with van der Waals surface area (Å²) in [5.41, 5.74) is 8.44. The van der Waals surface area contributed by atoms with Crippen LogP contribution in [0.3, 0.4) is 0 Å². The highest BCUT2D eigenvalue weighted by atomic mass is 16.5. The van der Waals surface area contributed by atoms with Crippen LogP contribution in [0.2, 0.25) is 0 Å². The van der Waals surface area contributed by atoms with Gasteiger partial charge < -0.3 is 15.7 Å². The van der Waals surface area contributed by atoms with Crippen molar-refractivity contribution in [2.24, 2.45) is 16.8 Å². The molecular weight excluding hydrogens is 252 g/mol.